The van der Waals surface area contributed by atoms with Crippen molar-refractivity contribution in [1.82, 2.24) is 5.32 Å². The van der Waals surface area contributed by atoms with Gasteiger partial charge in [0.1, 0.15) is 0 Å². The molecule has 1 amide bonds. The maximum absolute atomic E-state index is 11.5. The van der Waals surface area contributed by atoms with Crippen molar-refractivity contribution in [1.29, 1.82) is 0 Å². The van der Waals surface area contributed by atoms with Crippen LogP contribution in [0.1, 0.15) is 10.4 Å². The van der Waals surface area contributed by atoms with E-state index < -0.39 is 0 Å². The van der Waals surface area contributed by atoms with Gasteiger partial charge in [0.2, 0.25) is 0 Å². The third-order valence-electron chi connectivity index (χ3n) is 1.82. The quantitative estimate of drug-likeness (QED) is 0.818. The molecule has 0 bridgehead atoms. The minimum atomic E-state index is -0.215. The molecule has 0 fully saturated rings. The number of ether oxygens (including phenoxy) is 1. The molecular formula is C10H12BrNO3. The van der Waals surface area contributed by atoms with Crippen LogP contribution in [-0.4, -0.2) is 30.0 Å². The van der Waals surface area contributed by atoms with E-state index >= 15 is 0 Å². The van der Waals surface area contributed by atoms with Gasteiger partial charge < -0.3 is 15.2 Å². The normalized spacial score (nSPS) is 9.73. The second-order valence-electron chi connectivity index (χ2n) is 2.83. The zero-order valence-electron chi connectivity index (χ0n) is 8.29. The lowest BCUT2D eigenvalue weighted by atomic mass is 10.2. The number of nitrogens with one attached hydrogen (secondary N) is 1. The Morgan fingerprint density at radius 1 is 1.60 bits per heavy atom. The zero-order chi connectivity index (χ0) is 11.3. The first-order valence-electron chi connectivity index (χ1n) is 4.40. The number of aromatic hydroxyl groups is 1. The third kappa shape index (κ3) is 3.13. The summed E-state index contributed by atoms with van der Waals surface area (Å²) < 4.78 is 4.87. The van der Waals surface area contributed by atoms with Crippen molar-refractivity contribution in [2.45, 2.75) is 0 Å². The average Bonchev–Trinajstić information content (AvgIpc) is 2.25. The zero-order valence-corrected chi connectivity index (χ0v) is 9.87. The van der Waals surface area contributed by atoms with Crippen molar-refractivity contribution in [2.24, 2.45) is 0 Å². The maximum Gasteiger partial charge on any atom is 0.251 e. The van der Waals surface area contributed by atoms with Gasteiger partial charge in [-0.2, -0.15) is 0 Å². The first kappa shape index (κ1) is 11.8. The second-order valence-corrected chi connectivity index (χ2v) is 3.62. The van der Waals surface area contributed by atoms with Gasteiger partial charge in [-0.3, -0.25) is 4.79 Å². The van der Waals surface area contributed by atoms with E-state index in [4.69, 9.17) is 4.74 Å². The van der Waals surface area contributed by atoms with E-state index in [-0.39, 0.29) is 11.7 Å². The van der Waals surface area contributed by atoms with Gasteiger partial charge in [-0.25, -0.2) is 0 Å². The smallest absolute Gasteiger partial charge is 0.251 e. The fourth-order valence-corrected chi connectivity index (χ4v) is 1.29. The fourth-order valence-electron chi connectivity index (χ4n) is 1.09. The Hall–Kier alpha value is -1.23. The molecule has 0 aliphatic carbocycles. The highest BCUT2D eigenvalue weighted by molar-refractivity contribution is 9.09. The van der Waals surface area contributed by atoms with E-state index in [9.17, 15) is 9.90 Å². The van der Waals surface area contributed by atoms with Gasteiger partial charge in [-0.1, -0.05) is 15.9 Å². The second kappa shape index (κ2) is 5.60. The highest BCUT2D eigenvalue weighted by Gasteiger charge is 2.08. The number of halogens is 1. The molecule has 0 heterocycles. The number of amides is 1. The summed E-state index contributed by atoms with van der Waals surface area (Å²) in [6.45, 7) is 0.547. The molecule has 82 valence electrons. The largest absolute Gasteiger partial charge is 0.504 e. The van der Waals surface area contributed by atoms with Crippen LogP contribution < -0.4 is 10.1 Å². The number of carbonyl (C=O) groups is 1. The Balaban J connectivity index is 2.78. The average molecular weight is 274 g/mol. The predicted octanol–water partition coefficient (Wildman–Crippen LogP) is 1.53. The summed E-state index contributed by atoms with van der Waals surface area (Å²) in [5.41, 5.74) is 0.411. The van der Waals surface area contributed by atoms with Crippen molar-refractivity contribution in [3.05, 3.63) is 23.8 Å². The summed E-state index contributed by atoms with van der Waals surface area (Å²) in [6.07, 6.45) is 0. The van der Waals surface area contributed by atoms with Gasteiger partial charge in [0.15, 0.2) is 11.5 Å². The first-order chi connectivity index (χ1) is 7.19. The van der Waals surface area contributed by atoms with Gasteiger partial charge in [0, 0.05) is 17.4 Å². The standard InChI is InChI=1S/C10H12BrNO3/c1-15-9-3-2-7(6-8(9)13)10(14)12-5-4-11/h2-3,6,13H,4-5H2,1H3,(H,12,14). The van der Waals surface area contributed by atoms with E-state index in [1.54, 1.807) is 12.1 Å². The molecule has 0 radical (unpaired) electrons. The lowest BCUT2D eigenvalue weighted by molar-refractivity contribution is 0.0956. The third-order valence-corrected chi connectivity index (χ3v) is 2.22. The molecule has 1 aromatic rings. The number of benzene rings is 1. The van der Waals surface area contributed by atoms with Crippen molar-refractivity contribution in [3.63, 3.8) is 0 Å². The van der Waals surface area contributed by atoms with E-state index in [1.807, 2.05) is 0 Å². The van der Waals surface area contributed by atoms with Crippen LogP contribution in [-0.2, 0) is 0 Å². The Bertz CT molecular complexity index is 355. The topological polar surface area (TPSA) is 58.6 Å². The van der Waals surface area contributed by atoms with Gasteiger partial charge in [0.05, 0.1) is 7.11 Å². The SMILES string of the molecule is COc1ccc(C(=O)NCCBr)cc1O. The molecule has 0 spiro atoms. The molecule has 5 heteroatoms. The maximum atomic E-state index is 11.5. The Kier molecular flexibility index (Phi) is 4.42. The van der Waals surface area contributed by atoms with Crippen LogP contribution in [0.4, 0.5) is 0 Å². The van der Waals surface area contributed by atoms with Crippen LogP contribution in [0.5, 0.6) is 11.5 Å². The van der Waals surface area contributed by atoms with E-state index in [2.05, 4.69) is 21.2 Å². The molecule has 1 rings (SSSR count). The van der Waals surface area contributed by atoms with E-state index in [0.29, 0.717) is 23.2 Å². The summed E-state index contributed by atoms with van der Waals surface area (Å²) in [5.74, 6) is 0.100. The molecular weight excluding hydrogens is 262 g/mol. The molecule has 0 aliphatic rings. The number of hydrogen-bond donors (Lipinski definition) is 2. The van der Waals surface area contributed by atoms with Gasteiger partial charge in [0.25, 0.3) is 5.91 Å². The lowest BCUT2D eigenvalue weighted by Crippen LogP contribution is -2.25. The molecule has 0 atom stereocenters. The van der Waals surface area contributed by atoms with Crippen LogP contribution >= 0.6 is 15.9 Å². The number of phenols is 1. The Morgan fingerprint density at radius 3 is 2.87 bits per heavy atom. The van der Waals surface area contributed by atoms with E-state index in [1.165, 1.54) is 13.2 Å². The van der Waals surface area contributed by atoms with Crippen molar-refractivity contribution >= 4 is 21.8 Å². The molecule has 4 nitrogen and oxygen atoms in total. The lowest BCUT2D eigenvalue weighted by Gasteiger charge is -2.06. The molecule has 0 aliphatic heterocycles. The highest BCUT2D eigenvalue weighted by atomic mass is 79.9. The van der Waals surface area contributed by atoms with Gasteiger partial charge in [-0.15, -0.1) is 0 Å². The summed E-state index contributed by atoms with van der Waals surface area (Å²) in [4.78, 5) is 11.5. The molecule has 2 N–H and O–H groups in total. The molecule has 0 saturated heterocycles. The van der Waals surface area contributed by atoms with Gasteiger partial charge in [-0.05, 0) is 18.2 Å². The summed E-state index contributed by atoms with van der Waals surface area (Å²) in [6, 6.07) is 4.53. The molecule has 15 heavy (non-hydrogen) atoms. The molecule has 0 aromatic heterocycles. The molecule has 0 unspecified atom stereocenters. The number of carbonyl (C=O) groups excluding carboxylic acids is 1. The minimum Gasteiger partial charge on any atom is -0.504 e. The molecule has 0 saturated carbocycles. The van der Waals surface area contributed by atoms with Crippen molar-refractivity contribution in [2.75, 3.05) is 19.0 Å². The molecule has 1 aromatic carbocycles. The number of alkyl halides is 1. The fraction of sp³-hybridized carbons (Fsp3) is 0.300. The van der Waals surface area contributed by atoms with Crippen LogP contribution in [0.15, 0.2) is 18.2 Å². The number of phenolic OH excluding ortho intramolecular Hbond substituents is 1. The predicted molar refractivity (Wildman–Crippen MR) is 60.8 cm³/mol. The Morgan fingerprint density at radius 2 is 2.33 bits per heavy atom. The van der Waals surface area contributed by atoms with Gasteiger partial charge >= 0.3 is 0 Å². The number of methoxy groups -OCH3 is 1. The summed E-state index contributed by atoms with van der Waals surface area (Å²) in [7, 11) is 1.46. The van der Waals surface area contributed by atoms with E-state index in [0.717, 1.165) is 0 Å². The summed E-state index contributed by atoms with van der Waals surface area (Å²) in [5, 5.41) is 12.8. The first-order valence-corrected chi connectivity index (χ1v) is 5.52. The van der Waals surface area contributed by atoms with Crippen LogP contribution in [0.25, 0.3) is 0 Å². The number of rotatable bonds is 4. The number of hydrogen-bond acceptors (Lipinski definition) is 3. The van der Waals surface area contributed by atoms with Crippen LogP contribution in [0.2, 0.25) is 0 Å². The summed E-state index contributed by atoms with van der Waals surface area (Å²) >= 11 is 3.20. The van der Waals surface area contributed by atoms with Crippen molar-refractivity contribution in [3.8, 4) is 11.5 Å². The minimum absolute atomic E-state index is 0.0380. The monoisotopic (exact) mass is 273 g/mol. The van der Waals surface area contributed by atoms with Crippen molar-refractivity contribution < 1.29 is 14.6 Å². The van der Waals surface area contributed by atoms with Crippen LogP contribution in [0.3, 0.4) is 0 Å². The Labute approximate surface area is 96.4 Å². The highest BCUT2D eigenvalue weighted by Crippen LogP contribution is 2.25. The van der Waals surface area contributed by atoms with Crippen LogP contribution in [0, 0.1) is 0 Å².